The van der Waals surface area contributed by atoms with Crippen LogP contribution in [-0.2, 0) is 19.6 Å². The number of carboxylic acid groups (broad SMARTS) is 1. The average Bonchev–Trinajstić information content (AvgIpc) is 2.44. The van der Waals surface area contributed by atoms with Crippen LogP contribution < -0.4 is 4.72 Å². The number of methoxy groups -OCH3 is 1. The number of esters is 1. The second-order valence-corrected chi connectivity index (χ2v) is 6.30. The number of carboxylic acids is 1. The van der Waals surface area contributed by atoms with Gasteiger partial charge in [0.2, 0.25) is 10.0 Å². The molecule has 0 fully saturated rings. The summed E-state index contributed by atoms with van der Waals surface area (Å²) in [7, 11) is -2.71. The Morgan fingerprint density at radius 2 is 2.00 bits per heavy atom. The number of nitrogens with one attached hydrogen (secondary N) is 1. The molecule has 0 aliphatic carbocycles. The second kappa shape index (κ2) is 6.68. The molecule has 1 aromatic carbocycles. The fraction of sp³-hybridized carbons (Fsp3) is 0.385. The monoisotopic (exact) mass is 315 g/mol. The highest BCUT2D eigenvalue weighted by molar-refractivity contribution is 7.89. The third kappa shape index (κ3) is 4.27. The van der Waals surface area contributed by atoms with Crippen molar-refractivity contribution >= 4 is 22.0 Å². The highest BCUT2D eigenvalue weighted by Crippen LogP contribution is 2.17. The summed E-state index contributed by atoms with van der Waals surface area (Å²) in [6.45, 7) is 2.73. The van der Waals surface area contributed by atoms with Crippen LogP contribution in [-0.4, -0.2) is 39.1 Å². The van der Waals surface area contributed by atoms with Gasteiger partial charge in [-0.25, -0.2) is 17.9 Å². The van der Waals surface area contributed by atoms with Gasteiger partial charge in [0.25, 0.3) is 0 Å². The highest BCUT2D eigenvalue weighted by Gasteiger charge is 2.21. The number of sulfonamides is 1. The summed E-state index contributed by atoms with van der Waals surface area (Å²) in [5, 5.41) is 8.76. The molecule has 0 spiro atoms. The first-order valence-corrected chi connectivity index (χ1v) is 7.58. The van der Waals surface area contributed by atoms with Crippen LogP contribution in [0.4, 0.5) is 0 Å². The molecule has 1 atom stereocenters. The lowest BCUT2D eigenvalue weighted by molar-refractivity contribution is -0.140. The normalized spacial score (nSPS) is 12.7. The van der Waals surface area contributed by atoms with Gasteiger partial charge in [0.1, 0.15) is 0 Å². The first-order chi connectivity index (χ1) is 9.69. The van der Waals surface area contributed by atoms with E-state index in [2.05, 4.69) is 9.46 Å². The summed E-state index contributed by atoms with van der Waals surface area (Å²) in [6.07, 6.45) is 0. The minimum absolute atomic E-state index is 0.0806. The van der Waals surface area contributed by atoms with Gasteiger partial charge in [0.05, 0.1) is 23.5 Å². The molecule has 1 rings (SSSR count). The van der Waals surface area contributed by atoms with Crippen molar-refractivity contribution in [1.82, 2.24) is 4.72 Å². The lowest BCUT2D eigenvalue weighted by atomic mass is 10.1. The van der Waals surface area contributed by atoms with E-state index >= 15 is 0 Å². The van der Waals surface area contributed by atoms with Crippen LogP contribution in [0.3, 0.4) is 0 Å². The maximum atomic E-state index is 12.2. The number of hydrogen-bond donors (Lipinski definition) is 2. The van der Waals surface area contributed by atoms with Crippen molar-refractivity contribution in [3.63, 3.8) is 0 Å². The van der Waals surface area contributed by atoms with Crippen LogP contribution in [0.2, 0.25) is 0 Å². The van der Waals surface area contributed by atoms with Gasteiger partial charge < -0.3 is 9.84 Å². The summed E-state index contributed by atoms with van der Waals surface area (Å²) in [5.41, 5.74) is 0.549. The van der Waals surface area contributed by atoms with Gasteiger partial charge in [-0.1, -0.05) is 13.0 Å². The van der Waals surface area contributed by atoms with Crippen molar-refractivity contribution in [2.24, 2.45) is 5.92 Å². The summed E-state index contributed by atoms with van der Waals surface area (Å²) in [5.74, 6) is -2.60. The van der Waals surface area contributed by atoms with Gasteiger partial charge in [-0.2, -0.15) is 0 Å². The van der Waals surface area contributed by atoms with E-state index in [4.69, 9.17) is 5.11 Å². The van der Waals surface area contributed by atoms with Crippen molar-refractivity contribution in [3.8, 4) is 0 Å². The number of carbonyl (C=O) groups excluding carboxylic acids is 1. The zero-order valence-electron chi connectivity index (χ0n) is 11.9. The Hall–Kier alpha value is -1.93. The predicted octanol–water partition coefficient (Wildman–Crippen LogP) is 0.781. The number of benzene rings is 1. The van der Waals surface area contributed by atoms with Crippen molar-refractivity contribution < 1.29 is 27.9 Å². The molecule has 116 valence electrons. The average molecular weight is 315 g/mol. The molecule has 0 saturated heterocycles. The van der Waals surface area contributed by atoms with Gasteiger partial charge in [0.15, 0.2) is 0 Å². The molecule has 0 aromatic heterocycles. The molecule has 0 aliphatic rings. The van der Waals surface area contributed by atoms with E-state index in [1.807, 2.05) is 0 Å². The predicted molar refractivity (Wildman–Crippen MR) is 74.5 cm³/mol. The third-order valence-electron chi connectivity index (χ3n) is 2.90. The number of carbonyl (C=O) groups is 2. The van der Waals surface area contributed by atoms with E-state index in [9.17, 15) is 18.0 Å². The summed E-state index contributed by atoms with van der Waals surface area (Å²) in [4.78, 5) is 22.1. The minimum Gasteiger partial charge on any atom is -0.481 e. The van der Waals surface area contributed by atoms with Crippen molar-refractivity contribution in [3.05, 3.63) is 29.3 Å². The Bertz CT molecular complexity index is 653. The fourth-order valence-corrected chi connectivity index (χ4v) is 2.93. The highest BCUT2D eigenvalue weighted by atomic mass is 32.2. The van der Waals surface area contributed by atoms with Crippen LogP contribution in [0.25, 0.3) is 0 Å². The fourth-order valence-electron chi connectivity index (χ4n) is 1.53. The van der Waals surface area contributed by atoms with Crippen LogP contribution in [0.15, 0.2) is 23.1 Å². The number of rotatable bonds is 6. The maximum Gasteiger partial charge on any atom is 0.337 e. The van der Waals surface area contributed by atoms with E-state index in [-0.39, 0.29) is 17.0 Å². The molecule has 0 aliphatic heterocycles. The lowest BCUT2D eigenvalue weighted by Crippen LogP contribution is -2.32. The van der Waals surface area contributed by atoms with Gasteiger partial charge in [-0.15, -0.1) is 0 Å². The molecule has 0 bridgehead atoms. The van der Waals surface area contributed by atoms with E-state index in [1.165, 1.54) is 32.2 Å². The number of aryl methyl sites for hydroxylation is 1. The smallest absolute Gasteiger partial charge is 0.337 e. The topological polar surface area (TPSA) is 110 Å². The SMILES string of the molecule is COC(=O)c1ccc(C)c(S(=O)(=O)NCC(C)C(=O)O)c1. The van der Waals surface area contributed by atoms with Crippen LogP contribution in [0.5, 0.6) is 0 Å². The molecular formula is C13H17NO6S. The van der Waals surface area contributed by atoms with Crippen molar-refractivity contribution in [2.75, 3.05) is 13.7 Å². The van der Waals surface area contributed by atoms with Crippen molar-refractivity contribution in [1.29, 1.82) is 0 Å². The maximum absolute atomic E-state index is 12.2. The minimum atomic E-state index is -3.90. The summed E-state index contributed by atoms with van der Waals surface area (Å²) < 4.78 is 31.1. The summed E-state index contributed by atoms with van der Waals surface area (Å²) >= 11 is 0. The van der Waals surface area contributed by atoms with Gasteiger partial charge in [-0.05, 0) is 24.6 Å². The molecule has 1 unspecified atom stereocenters. The number of aliphatic carboxylic acids is 1. The molecule has 0 saturated carbocycles. The zero-order valence-corrected chi connectivity index (χ0v) is 12.7. The van der Waals surface area contributed by atoms with E-state index < -0.39 is 27.9 Å². The Morgan fingerprint density at radius 3 is 2.52 bits per heavy atom. The lowest BCUT2D eigenvalue weighted by Gasteiger charge is -2.12. The molecule has 8 heteroatoms. The molecule has 2 N–H and O–H groups in total. The molecule has 0 amide bonds. The second-order valence-electron chi connectivity index (χ2n) is 4.56. The Kier molecular flexibility index (Phi) is 5.45. The molecule has 1 aromatic rings. The number of hydrogen-bond acceptors (Lipinski definition) is 5. The molecule has 21 heavy (non-hydrogen) atoms. The van der Waals surface area contributed by atoms with Crippen LogP contribution in [0.1, 0.15) is 22.8 Å². The molecule has 0 radical (unpaired) electrons. The third-order valence-corrected chi connectivity index (χ3v) is 4.47. The van der Waals surface area contributed by atoms with E-state index in [0.717, 1.165) is 0 Å². The first-order valence-electron chi connectivity index (χ1n) is 6.10. The van der Waals surface area contributed by atoms with Gasteiger partial charge in [-0.3, -0.25) is 4.79 Å². The first kappa shape index (κ1) is 17.1. The number of ether oxygens (including phenoxy) is 1. The van der Waals surface area contributed by atoms with E-state index in [1.54, 1.807) is 6.92 Å². The van der Waals surface area contributed by atoms with E-state index in [0.29, 0.717) is 5.56 Å². The summed E-state index contributed by atoms with van der Waals surface area (Å²) in [6, 6.07) is 4.15. The molecule has 0 heterocycles. The quantitative estimate of drug-likeness (QED) is 0.751. The Labute approximate surface area is 123 Å². The Morgan fingerprint density at radius 1 is 1.38 bits per heavy atom. The standard InChI is InChI=1S/C13H17NO6S/c1-8-4-5-10(13(17)20-3)6-11(8)21(18,19)14-7-9(2)12(15)16/h4-6,9,14H,7H2,1-3H3,(H,15,16). The Balaban J connectivity index is 3.07. The molecular weight excluding hydrogens is 298 g/mol. The van der Waals surface area contributed by atoms with Crippen molar-refractivity contribution in [2.45, 2.75) is 18.7 Å². The zero-order chi connectivity index (χ0) is 16.2. The van der Waals surface area contributed by atoms with Gasteiger partial charge >= 0.3 is 11.9 Å². The van der Waals surface area contributed by atoms with Crippen LogP contribution >= 0.6 is 0 Å². The van der Waals surface area contributed by atoms with Crippen LogP contribution in [0, 0.1) is 12.8 Å². The largest absolute Gasteiger partial charge is 0.481 e. The van der Waals surface area contributed by atoms with Gasteiger partial charge in [0, 0.05) is 6.54 Å². The molecule has 7 nitrogen and oxygen atoms in total.